The highest BCUT2D eigenvalue weighted by Crippen LogP contribution is 2.25. The van der Waals surface area contributed by atoms with E-state index in [9.17, 15) is 0 Å². The second-order valence-corrected chi connectivity index (χ2v) is 6.77. The number of rotatable bonds is 9. The SMILES string of the molecule is CCCC(C)(CNC(C)C)CN(C)Cc1ccoc1C. The summed E-state index contributed by atoms with van der Waals surface area (Å²) in [4.78, 5) is 2.41. The van der Waals surface area contributed by atoms with Gasteiger partial charge in [-0.3, -0.25) is 0 Å². The Morgan fingerprint density at radius 1 is 1.40 bits per heavy atom. The van der Waals surface area contributed by atoms with Crippen LogP contribution in [0.4, 0.5) is 0 Å². The lowest BCUT2D eigenvalue weighted by molar-refractivity contribution is 0.165. The van der Waals surface area contributed by atoms with E-state index < -0.39 is 0 Å². The maximum Gasteiger partial charge on any atom is 0.105 e. The van der Waals surface area contributed by atoms with Gasteiger partial charge < -0.3 is 14.6 Å². The molecule has 1 rings (SSSR count). The molecule has 0 amide bonds. The summed E-state index contributed by atoms with van der Waals surface area (Å²) in [7, 11) is 2.20. The monoisotopic (exact) mass is 280 g/mol. The van der Waals surface area contributed by atoms with Crippen LogP contribution in [0.25, 0.3) is 0 Å². The quantitative estimate of drug-likeness (QED) is 0.745. The van der Waals surface area contributed by atoms with Crippen LogP contribution in [0, 0.1) is 12.3 Å². The zero-order chi connectivity index (χ0) is 15.2. The van der Waals surface area contributed by atoms with E-state index in [-0.39, 0.29) is 0 Å². The summed E-state index contributed by atoms with van der Waals surface area (Å²) in [6.45, 7) is 14.3. The van der Waals surface area contributed by atoms with E-state index in [4.69, 9.17) is 4.42 Å². The molecule has 0 fully saturated rings. The van der Waals surface area contributed by atoms with Crippen molar-refractivity contribution in [1.29, 1.82) is 0 Å². The summed E-state index contributed by atoms with van der Waals surface area (Å²) < 4.78 is 5.38. The Morgan fingerprint density at radius 3 is 2.60 bits per heavy atom. The highest BCUT2D eigenvalue weighted by atomic mass is 16.3. The van der Waals surface area contributed by atoms with Crippen LogP contribution in [-0.4, -0.2) is 31.1 Å². The predicted molar refractivity (Wildman–Crippen MR) is 85.9 cm³/mol. The molecule has 0 aliphatic heterocycles. The molecule has 0 aliphatic carbocycles. The fraction of sp³-hybridized carbons (Fsp3) is 0.765. The highest BCUT2D eigenvalue weighted by molar-refractivity contribution is 5.15. The minimum Gasteiger partial charge on any atom is -0.469 e. The van der Waals surface area contributed by atoms with Gasteiger partial charge in [-0.25, -0.2) is 0 Å². The van der Waals surface area contributed by atoms with Crippen molar-refractivity contribution in [2.45, 2.75) is 60.0 Å². The third-order valence-corrected chi connectivity index (χ3v) is 3.85. The van der Waals surface area contributed by atoms with Crippen molar-refractivity contribution in [3.8, 4) is 0 Å². The Morgan fingerprint density at radius 2 is 2.10 bits per heavy atom. The van der Waals surface area contributed by atoms with Gasteiger partial charge in [-0.05, 0) is 31.9 Å². The smallest absolute Gasteiger partial charge is 0.105 e. The summed E-state index contributed by atoms with van der Waals surface area (Å²) in [5.74, 6) is 1.04. The molecule has 1 aromatic heterocycles. The van der Waals surface area contributed by atoms with Crippen LogP contribution in [0.1, 0.15) is 51.9 Å². The zero-order valence-corrected chi connectivity index (χ0v) is 14.1. The lowest BCUT2D eigenvalue weighted by Crippen LogP contribution is -2.42. The summed E-state index contributed by atoms with van der Waals surface area (Å²) in [5, 5.41) is 3.60. The van der Waals surface area contributed by atoms with E-state index in [0.29, 0.717) is 11.5 Å². The number of nitrogens with one attached hydrogen (secondary N) is 1. The fourth-order valence-electron chi connectivity index (χ4n) is 2.85. The van der Waals surface area contributed by atoms with Gasteiger partial charge in [0, 0.05) is 31.2 Å². The first-order valence-corrected chi connectivity index (χ1v) is 7.81. The largest absolute Gasteiger partial charge is 0.469 e. The minimum absolute atomic E-state index is 0.325. The lowest BCUT2D eigenvalue weighted by Gasteiger charge is -2.35. The van der Waals surface area contributed by atoms with Gasteiger partial charge in [0.2, 0.25) is 0 Å². The second kappa shape index (κ2) is 7.84. The van der Waals surface area contributed by atoms with Crippen LogP contribution >= 0.6 is 0 Å². The first-order chi connectivity index (χ1) is 9.36. The molecule has 0 aliphatic rings. The van der Waals surface area contributed by atoms with Gasteiger partial charge in [-0.1, -0.05) is 34.1 Å². The normalized spacial score (nSPS) is 15.0. The van der Waals surface area contributed by atoms with Gasteiger partial charge in [0.25, 0.3) is 0 Å². The Bertz CT molecular complexity index is 386. The number of nitrogens with zero attached hydrogens (tertiary/aromatic N) is 1. The summed E-state index contributed by atoms with van der Waals surface area (Å²) in [5.41, 5.74) is 1.62. The molecule has 1 aromatic rings. The van der Waals surface area contributed by atoms with Crippen LogP contribution in [0.15, 0.2) is 16.7 Å². The Hall–Kier alpha value is -0.800. The van der Waals surface area contributed by atoms with Crippen molar-refractivity contribution in [1.82, 2.24) is 10.2 Å². The van der Waals surface area contributed by atoms with Gasteiger partial charge >= 0.3 is 0 Å². The third-order valence-electron chi connectivity index (χ3n) is 3.85. The molecule has 1 unspecified atom stereocenters. The van der Waals surface area contributed by atoms with Crippen molar-refractivity contribution in [3.63, 3.8) is 0 Å². The second-order valence-electron chi connectivity index (χ2n) is 6.77. The molecular formula is C17H32N2O. The summed E-state index contributed by atoms with van der Waals surface area (Å²) in [6.07, 6.45) is 4.26. The zero-order valence-electron chi connectivity index (χ0n) is 14.1. The molecule has 3 nitrogen and oxygen atoms in total. The van der Waals surface area contributed by atoms with E-state index in [1.54, 1.807) is 6.26 Å². The molecule has 3 heteroatoms. The van der Waals surface area contributed by atoms with Crippen molar-refractivity contribution >= 4 is 0 Å². The number of hydrogen-bond donors (Lipinski definition) is 1. The van der Waals surface area contributed by atoms with Crippen molar-refractivity contribution in [2.24, 2.45) is 5.41 Å². The van der Waals surface area contributed by atoms with Gasteiger partial charge in [0.05, 0.1) is 6.26 Å². The van der Waals surface area contributed by atoms with Crippen LogP contribution in [0.3, 0.4) is 0 Å². The molecule has 1 heterocycles. The lowest BCUT2D eigenvalue weighted by atomic mass is 9.84. The fourth-order valence-corrected chi connectivity index (χ4v) is 2.85. The van der Waals surface area contributed by atoms with Gasteiger partial charge in [-0.2, -0.15) is 0 Å². The highest BCUT2D eigenvalue weighted by Gasteiger charge is 2.25. The van der Waals surface area contributed by atoms with Crippen LogP contribution < -0.4 is 5.32 Å². The van der Waals surface area contributed by atoms with Crippen molar-refractivity contribution in [2.75, 3.05) is 20.1 Å². The number of aryl methyl sites for hydroxylation is 1. The summed E-state index contributed by atoms with van der Waals surface area (Å²) in [6, 6.07) is 2.63. The van der Waals surface area contributed by atoms with Crippen LogP contribution in [0.5, 0.6) is 0 Å². The molecule has 116 valence electrons. The maximum absolute atomic E-state index is 5.38. The standard InChI is InChI=1S/C17H32N2O/c1-7-9-17(5,12-18-14(2)3)13-19(6)11-16-8-10-20-15(16)4/h8,10,14,18H,7,9,11-13H2,1-6H3. The van der Waals surface area contributed by atoms with E-state index in [0.717, 1.165) is 25.4 Å². The van der Waals surface area contributed by atoms with Crippen LogP contribution in [0.2, 0.25) is 0 Å². The van der Waals surface area contributed by atoms with Crippen molar-refractivity contribution < 1.29 is 4.42 Å². The predicted octanol–water partition coefficient (Wildman–Crippen LogP) is 3.82. The molecule has 0 saturated carbocycles. The topological polar surface area (TPSA) is 28.4 Å². The Kier molecular flexibility index (Phi) is 6.77. The molecule has 0 saturated heterocycles. The molecule has 1 atom stereocenters. The average Bonchev–Trinajstić information content (AvgIpc) is 2.73. The number of furan rings is 1. The number of hydrogen-bond acceptors (Lipinski definition) is 3. The van der Waals surface area contributed by atoms with Gasteiger partial charge in [-0.15, -0.1) is 0 Å². The van der Waals surface area contributed by atoms with E-state index in [1.807, 2.05) is 6.92 Å². The maximum atomic E-state index is 5.38. The van der Waals surface area contributed by atoms with Crippen LogP contribution in [-0.2, 0) is 6.54 Å². The molecule has 20 heavy (non-hydrogen) atoms. The minimum atomic E-state index is 0.325. The molecule has 0 aromatic carbocycles. The van der Waals surface area contributed by atoms with E-state index >= 15 is 0 Å². The van der Waals surface area contributed by atoms with Gasteiger partial charge in [0.1, 0.15) is 5.76 Å². The first kappa shape index (κ1) is 17.3. The molecule has 0 radical (unpaired) electrons. The molecular weight excluding hydrogens is 248 g/mol. The average molecular weight is 280 g/mol. The Labute approximate surface area is 124 Å². The molecule has 1 N–H and O–H groups in total. The van der Waals surface area contributed by atoms with E-state index in [2.05, 4.69) is 51.0 Å². The first-order valence-electron chi connectivity index (χ1n) is 7.81. The summed E-state index contributed by atoms with van der Waals surface area (Å²) >= 11 is 0. The molecule has 0 bridgehead atoms. The van der Waals surface area contributed by atoms with E-state index in [1.165, 1.54) is 18.4 Å². The third kappa shape index (κ3) is 5.68. The Balaban J connectivity index is 2.57. The van der Waals surface area contributed by atoms with Gasteiger partial charge in [0.15, 0.2) is 0 Å². The molecule has 0 spiro atoms. The van der Waals surface area contributed by atoms with Crippen molar-refractivity contribution in [3.05, 3.63) is 23.7 Å².